The Kier molecular flexibility index (Phi) is 5.50. The number of ether oxygens (including phenoxy) is 2. The lowest BCUT2D eigenvalue weighted by atomic mass is 10.0. The summed E-state index contributed by atoms with van der Waals surface area (Å²) in [5, 5.41) is 4.07. The summed E-state index contributed by atoms with van der Waals surface area (Å²) in [6.45, 7) is 3.41. The third kappa shape index (κ3) is 4.20. The van der Waals surface area contributed by atoms with Crippen LogP contribution in [0.3, 0.4) is 0 Å². The molecule has 27 heavy (non-hydrogen) atoms. The van der Waals surface area contributed by atoms with E-state index in [1.165, 1.54) is 0 Å². The Morgan fingerprint density at radius 1 is 1.15 bits per heavy atom. The Balaban J connectivity index is 1.43. The minimum absolute atomic E-state index is 0.0187. The van der Waals surface area contributed by atoms with Crippen LogP contribution in [0.4, 0.5) is 0 Å². The number of halogens is 1. The van der Waals surface area contributed by atoms with Gasteiger partial charge in [-0.3, -0.25) is 4.79 Å². The van der Waals surface area contributed by atoms with E-state index in [1.807, 2.05) is 47.4 Å². The molecule has 2 aromatic carbocycles. The molecule has 0 saturated carbocycles. The molecule has 2 aliphatic rings. The zero-order chi connectivity index (χ0) is 18.6. The molecule has 6 heteroatoms. The molecule has 0 spiro atoms. The van der Waals surface area contributed by atoms with Crippen LogP contribution < -0.4 is 14.8 Å². The fraction of sp³-hybridized carbons (Fsp3) is 0.381. The number of benzene rings is 2. The standard InChI is InChI=1S/C21H23ClN2O3/c22-17-3-1-2-16(13-17)18-14-23-8-9-24(18)21(25)7-5-15-4-6-19-20(12-15)27-11-10-26-19/h1-4,6,12-13,18,23H,5,7-11,14H2. The molecule has 1 unspecified atom stereocenters. The second-order valence-corrected chi connectivity index (χ2v) is 7.28. The Hall–Kier alpha value is -2.24. The van der Waals surface area contributed by atoms with Crippen molar-refractivity contribution in [1.82, 2.24) is 10.2 Å². The normalized spacial score (nSPS) is 19.0. The fourth-order valence-corrected chi connectivity index (χ4v) is 3.85. The second kappa shape index (κ2) is 8.19. The van der Waals surface area contributed by atoms with Crippen LogP contribution in [0.2, 0.25) is 5.02 Å². The molecule has 2 heterocycles. The van der Waals surface area contributed by atoms with E-state index in [2.05, 4.69) is 5.32 Å². The number of carbonyl (C=O) groups excluding carboxylic acids is 1. The average molecular weight is 387 g/mol. The van der Waals surface area contributed by atoms with E-state index in [0.29, 0.717) is 37.6 Å². The average Bonchev–Trinajstić information content (AvgIpc) is 2.72. The Bertz CT molecular complexity index is 827. The fourth-order valence-electron chi connectivity index (χ4n) is 3.65. The van der Waals surface area contributed by atoms with Crippen LogP contribution in [0.1, 0.15) is 23.6 Å². The molecule has 0 aliphatic carbocycles. The highest BCUT2D eigenvalue weighted by atomic mass is 35.5. The molecule has 0 aromatic heterocycles. The number of hydrogen-bond acceptors (Lipinski definition) is 4. The Labute approximate surface area is 164 Å². The quantitative estimate of drug-likeness (QED) is 0.876. The van der Waals surface area contributed by atoms with Gasteiger partial charge in [-0.1, -0.05) is 29.8 Å². The molecule has 0 radical (unpaired) electrons. The third-order valence-electron chi connectivity index (χ3n) is 5.03. The van der Waals surface area contributed by atoms with E-state index in [0.717, 1.165) is 35.7 Å². The summed E-state index contributed by atoms with van der Waals surface area (Å²) in [4.78, 5) is 14.9. The molecule has 1 N–H and O–H groups in total. The van der Waals surface area contributed by atoms with Gasteiger partial charge in [0.25, 0.3) is 0 Å². The highest BCUT2D eigenvalue weighted by Crippen LogP contribution is 2.31. The summed E-state index contributed by atoms with van der Waals surface area (Å²) in [6.07, 6.45) is 1.15. The Morgan fingerprint density at radius 2 is 2.00 bits per heavy atom. The number of nitrogens with one attached hydrogen (secondary N) is 1. The van der Waals surface area contributed by atoms with E-state index in [-0.39, 0.29) is 11.9 Å². The summed E-state index contributed by atoms with van der Waals surface area (Å²) in [5.74, 6) is 1.71. The van der Waals surface area contributed by atoms with Gasteiger partial charge in [0.1, 0.15) is 13.2 Å². The van der Waals surface area contributed by atoms with Gasteiger partial charge < -0.3 is 19.7 Å². The predicted octanol–water partition coefficient (Wildman–Crippen LogP) is 3.22. The molecule has 0 bridgehead atoms. The number of hydrogen-bond donors (Lipinski definition) is 1. The van der Waals surface area contributed by atoms with Crippen LogP contribution in [-0.4, -0.2) is 43.7 Å². The minimum Gasteiger partial charge on any atom is -0.486 e. The predicted molar refractivity (Wildman–Crippen MR) is 105 cm³/mol. The van der Waals surface area contributed by atoms with Crippen molar-refractivity contribution in [3.63, 3.8) is 0 Å². The maximum atomic E-state index is 12.9. The highest BCUT2D eigenvalue weighted by Gasteiger charge is 2.27. The summed E-state index contributed by atoms with van der Waals surface area (Å²) in [7, 11) is 0. The Morgan fingerprint density at radius 3 is 2.85 bits per heavy atom. The first-order chi connectivity index (χ1) is 13.2. The molecule has 2 aromatic rings. The summed E-state index contributed by atoms with van der Waals surface area (Å²) < 4.78 is 11.2. The van der Waals surface area contributed by atoms with Gasteiger partial charge in [0.05, 0.1) is 6.04 Å². The number of nitrogens with zero attached hydrogens (tertiary/aromatic N) is 1. The molecular weight excluding hydrogens is 364 g/mol. The van der Waals surface area contributed by atoms with Gasteiger partial charge in [-0.2, -0.15) is 0 Å². The van der Waals surface area contributed by atoms with E-state index in [9.17, 15) is 4.79 Å². The first kappa shape index (κ1) is 18.1. The molecule has 142 valence electrons. The maximum absolute atomic E-state index is 12.9. The van der Waals surface area contributed by atoms with Crippen LogP contribution in [0.25, 0.3) is 0 Å². The van der Waals surface area contributed by atoms with Gasteiger partial charge in [0, 0.05) is 31.1 Å². The zero-order valence-corrected chi connectivity index (χ0v) is 15.9. The van der Waals surface area contributed by atoms with Crippen molar-refractivity contribution in [3.05, 3.63) is 58.6 Å². The highest BCUT2D eigenvalue weighted by molar-refractivity contribution is 6.30. The lowest BCUT2D eigenvalue weighted by molar-refractivity contribution is -0.134. The first-order valence-electron chi connectivity index (χ1n) is 9.35. The number of aryl methyl sites for hydroxylation is 1. The minimum atomic E-state index is 0.0187. The summed E-state index contributed by atoms with van der Waals surface area (Å²) >= 11 is 6.14. The van der Waals surface area contributed by atoms with Gasteiger partial charge in [0.2, 0.25) is 5.91 Å². The second-order valence-electron chi connectivity index (χ2n) is 6.84. The monoisotopic (exact) mass is 386 g/mol. The van der Waals surface area contributed by atoms with Gasteiger partial charge in [-0.15, -0.1) is 0 Å². The number of piperazine rings is 1. The smallest absolute Gasteiger partial charge is 0.223 e. The lowest BCUT2D eigenvalue weighted by Gasteiger charge is -2.36. The molecule has 1 atom stereocenters. The van der Waals surface area contributed by atoms with Crippen molar-refractivity contribution in [2.75, 3.05) is 32.8 Å². The van der Waals surface area contributed by atoms with Gasteiger partial charge in [0.15, 0.2) is 11.5 Å². The molecule has 2 aliphatic heterocycles. The maximum Gasteiger partial charge on any atom is 0.223 e. The van der Waals surface area contributed by atoms with Crippen LogP contribution in [0, 0.1) is 0 Å². The van der Waals surface area contributed by atoms with Crippen molar-refractivity contribution >= 4 is 17.5 Å². The van der Waals surface area contributed by atoms with Crippen molar-refractivity contribution < 1.29 is 14.3 Å². The van der Waals surface area contributed by atoms with Crippen LogP contribution >= 0.6 is 11.6 Å². The topological polar surface area (TPSA) is 50.8 Å². The van der Waals surface area contributed by atoms with E-state index in [4.69, 9.17) is 21.1 Å². The third-order valence-corrected chi connectivity index (χ3v) is 5.27. The number of amides is 1. The number of carbonyl (C=O) groups is 1. The number of rotatable bonds is 4. The first-order valence-corrected chi connectivity index (χ1v) is 9.73. The molecule has 5 nitrogen and oxygen atoms in total. The van der Waals surface area contributed by atoms with Crippen molar-refractivity contribution in [1.29, 1.82) is 0 Å². The van der Waals surface area contributed by atoms with Crippen molar-refractivity contribution in [3.8, 4) is 11.5 Å². The summed E-state index contributed by atoms with van der Waals surface area (Å²) in [5.41, 5.74) is 2.16. The van der Waals surface area contributed by atoms with Crippen LogP contribution in [0.5, 0.6) is 11.5 Å². The molecular formula is C21H23ClN2O3. The van der Waals surface area contributed by atoms with E-state index < -0.39 is 0 Å². The van der Waals surface area contributed by atoms with Crippen molar-refractivity contribution in [2.45, 2.75) is 18.9 Å². The van der Waals surface area contributed by atoms with Crippen molar-refractivity contribution in [2.24, 2.45) is 0 Å². The van der Waals surface area contributed by atoms with Crippen LogP contribution in [-0.2, 0) is 11.2 Å². The van der Waals surface area contributed by atoms with Gasteiger partial charge in [-0.25, -0.2) is 0 Å². The molecule has 1 fully saturated rings. The van der Waals surface area contributed by atoms with Crippen LogP contribution in [0.15, 0.2) is 42.5 Å². The van der Waals surface area contributed by atoms with E-state index >= 15 is 0 Å². The van der Waals surface area contributed by atoms with Gasteiger partial charge in [-0.05, 0) is 41.8 Å². The molecule has 1 amide bonds. The van der Waals surface area contributed by atoms with Gasteiger partial charge >= 0.3 is 0 Å². The number of fused-ring (bicyclic) bond motifs is 1. The van der Waals surface area contributed by atoms with E-state index in [1.54, 1.807) is 0 Å². The lowest BCUT2D eigenvalue weighted by Crippen LogP contribution is -2.48. The zero-order valence-electron chi connectivity index (χ0n) is 15.1. The molecule has 4 rings (SSSR count). The SMILES string of the molecule is O=C(CCc1ccc2c(c1)OCCO2)N1CCNCC1c1cccc(Cl)c1. The summed E-state index contributed by atoms with van der Waals surface area (Å²) in [6, 6.07) is 13.7. The largest absolute Gasteiger partial charge is 0.486 e. The molecule has 1 saturated heterocycles.